The molecule has 1 aromatic rings. The molecular formula is C18H23FN2O7S. The second-order valence-electron chi connectivity index (χ2n) is 6.65. The molecule has 0 aliphatic carbocycles. The van der Waals surface area contributed by atoms with Gasteiger partial charge in [-0.1, -0.05) is 0 Å². The lowest BCUT2D eigenvalue weighted by Gasteiger charge is -2.29. The quantitative estimate of drug-likeness (QED) is 0.617. The highest BCUT2D eigenvalue weighted by Gasteiger charge is 2.31. The third-order valence-electron chi connectivity index (χ3n) is 4.71. The lowest BCUT2D eigenvalue weighted by atomic mass is 10.2. The number of benzene rings is 1. The molecule has 0 N–H and O–H groups in total. The van der Waals surface area contributed by atoms with Crippen molar-refractivity contribution in [2.24, 2.45) is 0 Å². The van der Waals surface area contributed by atoms with Crippen molar-refractivity contribution in [3.8, 4) is 0 Å². The van der Waals surface area contributed by atoms with Crippen LogP contribution in [0.5, 0.6) is 0 Å². The van der Waals surface area contributed by atoms with Crippen molar-refractivity contribution >= 4 is 21.9 Å². The maximum Gasteiger partial charge on any atom is 0.338 e. The Labute approximate surface area is 168 Å². The van der Waals surface area contributed by atoms with Gasteiger partial charge in [-0.3, -0.25) is 4.79 Å². The number of halogens is 1. The molecule has 2 saturated heterocycles. The van der Waals surface area contributed by atoms with E-state index in [1.165, 1.54) is 11.8 Å². The van der Waals surface area contributed by atoms with Crippen molar-refractivity contribution in [2.45, 2.75) is 17.9 Å². The van der Waals surface area contributed by atoms with E-state index in [1.807, 2.05) is 0 Å². The molecule has 1 aromatic carbocycles. The molecule has 2 aliphatic rings. The predicted molar refractivity (Wildman–Crippen MR) is 98.3 cm³/mol. The highest BCUT2D eigenvalue weighted by Crippen LogP contribution is 2.22. The zero-order valence-corrected chi connectivity index (χ0v) is 16.8. The molecule has 2 heterocycles. The number of morpholine rings is 2. The van der Waals surface area contributed by atoms with Gasteiger partial charge in [0.25, 0.3) is 5.91 Å². The lowest BCUT2D eigenvalue weighted by molar-refractivity contribution is -0.143. The largest absolute Gasteiger partial charge is 0.449 e. The van der Waals surface area contributed by atoms with Crippen LogP contribution in [0.2, 0.25) is 0 Å². The average Bonchev–Trinajstić information content (AvgIpc) is 2.74. The standard InChI is InChI=1S/C18H23FN2O7S/c1-13(17(22)20-4-8-26-9-5-20)28-18(23)14-2-3-15(19)16(12-14)29(24,25)21-6-10-27-11-7-21/h2-3,12-13H,4-11H2,1H3. The van der Waals surface area contributed by atoms with E-state index >= 15 is 0 Å². The Balaban J connectivity index is 1.74. The first-order valence-electron chi connectivity index (χ1n) is 9.25. The monoisotopic (exact) mass is 430 g/mol. The molecule has 11 heteroatoms. The number of carbonyl (C=O) groups excluding carboxylic acids is 2. The second-order valence-corrected chi connectivity index (χ2v) is 8.55. The van der Waals surface area contributed by atoms with Gasteiger partial charge in [-0.15, -0.1) is 0 Å². The van der Waals surface area contributed by atoms with E-state index in [0.717, 1.165) is 22.5 Å². The Morgan fingerprint density at radius 3 is 2.28 bits per heavy atom. The molecule has 1 amide bonds. The van der Waals surface area contributed by atoms with E-state index < -0.39 is 32.8 Å². The van der Waals surface area contributed by atoms with Gasteiger partial charge in [-0.2, -0.15) is 4.31 Å². The summed E-state index contributed by atoms with van der Waals surface area (Å²) >= 11 is 0. The summed E-state index contributed by atoms with van der Waals surface area (Å²) in [5, 5.41) is 0. The Bertz CT molecular complexity index is 865. The minimum Gasteiger partial charge on any atom is -0.449 e. The number of hydrogen-bond donors (Lipinski definition) is 0. The van der Waals surface area contributed by atoms with Crippen molar-refractivity contribution in [1.29, 1.82) is 0 Å². The SMILES string of the molecule is CC(OC(=O)c1ccc(F)c(S(=O)(=O)N2CCOCC2)c1)C(=O)N1CCOCC1. The normalized spacial score (nSPS) is 19.6. The van der Waals surface area contributed by atoms with Crippen molar-refractivity contribution in [3.63, 3.8) is 0 Å². The summed E-state index contributed by atoms with van der Waals surface area (Å²) in [6.07, 6.45) is -1.06. The number of sulfonamides is 1. The molecule has 29 heavy (non-hydrogen) atoms. The van der Waals surface area contributed by atoms with Gasteiger partial charge in [-0.25, -0.2) is 17.6 Å². The predicted octanol–water partition coefficient (Wildman–Crippen LogP) is 0.251. The minimum absolute atomic E-state index is 0.0987. The van der Waals surface area contributed by atoms with Crippen LogP contribution in [0.1, 0.15) is 17.3 Å². The molecule has 0 saturated carbocycles. The lowest BCUT2D eigenvalue weighted by Crippen LogP contribution is -2.46. The van der Waals surface area contributed by atoms with E-state index in [4.69, 9.17) is 14.2 Å². The van der Waals surface area contributed by atoms with Gasteiger partial charge in [-0.05, 0) is 25.1 Å². The molecule has 0 aromatic heterocycles. The molecule has 2 aliphatic heterocycles. The molecule has 0 spiro atoms. The van der Waals surface area contributed by atoms with E-state index in [2.05, 4.69) is 0 Å². The summed E-state index contributed by atoms with van der Waals surface area (Å²) in [5.41, 5.74) is -0.153. The van der Waals surface area contributed by atoms with E-state index in [9.17, 15) is 22.4 Å². The minimum atomic E-state index is -4.13. The second kappa shape index (κ2) is 9.16. The molecule has 1 atom stereocenters. The maximum atomic E-state index is 14.3. The summed E-state index contributed by atoms with van der Waals surface area (Å²) in [6, 6.07) is 2.97. The first kappa shape index (κ1) is 21.6. The first-order chi connectivity index (χ1) is 13.8. The Morgan fingerprint density at radius 1 is 1.07 bits per heavy atom. The molecule has 0 bridgehead atoms. The van der Waals surface area contributed by atoms with E-state index in [-0.39, 0.29) is 37.8 Å². The van der Waals surface area contributed by atoms with Gasteiger partial charge < -0.3 is 19.1 Å². The number of nitrogens with zero attached hydrogens (tertiary/aromatic N) is 2. The van der Waals surface area contributed by atoms with Crippen LogP contribution >= 0.6 is 0 Å². The summed E-state index contributed by atoms with van der Waals surface area (Å²) < 4.78 is 56.3. The third-order valence-corrected chi connectivity index (χ3v) is 6.62. The summed E-state index contributed by atoms with van der Waals surface area (Å²) in [5.74, 6) is -2.24. The van der Waals surface area contributed by atoms with Gasteiger partial charge in [0.05, 0.1) is 32.0 Å². The molecule has 0 radical (unpaired) electrons. The molecule has 160 valence electrons. The van der Waals surface area contributed by atoms with Gasteiger partial charge >= 0.3 is 5.97 Å². The Kier molecular flexibility index (Phi) is 6.83. The smallest absolute Gasteiger partial charge is 0.338 e. The fourth-order valence-corrected chi connectivity index (χ4v) is 4.57. The fourth-order valence-electron chi connectivity index (χ4n) is 3.07. The molecule has 2 fully saturated rings. The van der Waals surface area contributed by atoms with Crippen LogP contribution in [0.25, 0.3) is 0 Å². The number of hydrogen-bond acceptors (Lipinski definition) is 7. The Hall–Kier alpha value is -2.08. The van der Waals surface area contributed by atoms with E-state index in [0.29, 0.717) is 26.3 Å². The highest BCUT2D eigenvalue weighted by molar-refractivity contribution is 7.89. The van der Waals surface area contributed by atoms with Crippen LogP contribution in [0.3, 0.4) is 0 Å². The number of ether oxygens (including phenoxy) is 3. The van der Waals surface area contributed by atoms with Crippen molar-refractivity contribution in [2.75, 3.05) is 52.6 Å². The van der Waals surface area contributed by atoms with Crippen LogP contribution in [0, 0.1) is 5.82 Å². The first-order valence-corrected chi connectivity index (χ1v) is 10.7. The van der Waals surface area contributed by atoms with Crippen LogP contribution in [-0.2, 0) is 29.0 Å². The van der Waals surface area contributed by atoms with Gasteiger partial charge in [0.15, 0.2) is 6.10 Å². The molecule has 3 rings (SSSR count). The number of rotatable bonds is 5. The maximum absolute atomic E-state index is 14.3. The van der Waals surface area contributed by atoms with E-state index in [1.54, 1.807) is 0 Å². The van der Waals surface area contributed by atoms with Gasteiger partial charge in [0.1, 0.15) is 10.7 Å². The average molecular weight is 430 g/mol. The fraction of sp³-hybridized carbons (Fsp3) is 0.556. The molecule has 9 nitrogen and oxygen atoms in total. The van der Waals surface area contributed by atoms with Crippen molar-refractivity contribution in [1.82, 2.24) is 9.21 Å². The van der Waals surface area contributed by atoms with Crippen molar-refractivity contribution < 1.29 is 36.6 Å². The molecule has 1 unspecified atom stereocenters. The van der Waals surface area contributed by atoms with Gasteiger partial charge in [0, 0.05) is 26.2 Å². The number of amides is 1. The zero-order valence-electron chi connectivity index (χ0n) is 16.0. The van der Waals surface area contributed by atoms with Crippen LogP contribution < -0.4 is 0 Å². The van der Waals surface area contributed by atoms with Crippen molar-refractivity contribution in [3.05, 3.63) is 29.6 Å². The highest BCUT2D eigenvalue weighted by atomic mass is 32.2. The Morgan fingerprint density at radius 2 is 1.66 bits per heavy atom. The summed E-state index contributed by atoms with van der Waals surface area (Å²) in [4.78, 5) is 25.7. The summed E-state index contributed by atoms with van der Waals surface area (Å²) in [7, 11) is -4.13. The van der Waals surface area contributed by atoms with Crippen LogP contribution in [-0.4, -0.2) is 88.2 Å². The number of carbonyl (C=O) groups is 2. The van der Waals surface area contributed by atoms with Gasteiger partial charge in [0.2, 0.25) is 10.0 Å². The topological polar surface area (TPSA) is 102 Å². The van der Waals surface area contributed by atoms with Crippen LogP contribution in [0.4, 0.5) is 4.39 Å². The molecular weight excluding hydrogens is 407 g/mol. The summed E-state index contributed by atoms with van der Waals surface area (Å²) in [6.45, 7) is 3.68. The third kappa shape index (κ3) is 4.92. The number of esters is 1. The zero-order chi connectivity index (χ0) is 21.0. The van der Waals surface area contributed by atoms with Crippen LogP contribution in [0.15, 0.2) is 23.1 Å².